The van der Waals surface area contributed by atoms with Gasteiger partial charge < -0.3 is 5.32 Å². The molecule has 26 heavy (non-hydrogen) atoms. The summed E-state index contributed by atoms with van der Waals surface area (Å²) in [7, 11) is -2.28. The number of carbonyl (C=O) groups excluding carboxylic acids is 1. The summed E-state index contributed by atoms with van der Waals surface area (Å²) in [5.74, 6) is -0.365. The number of nitrogens with one attached hydrogen (secondary N) is 1. The lowest BCUT2D eigenvalue weighted by Gasteiger charge is -2.19. The van der Waals surface area contributed by atoms with E-state index in [4.69, 9.17) is 0 Å². The molecule has 1 amide bonds. The number of benzene rings is 3. The van der Waals surface area contributed by atoms with Gasteiger partial charge in [0.25, 0.3) is 15.9 Å². The molecule has 0 spiro atoms. The maximum absolute atomic E-state index is 12.9. The van der Waals surface area contributed by atoms with Crippen molar-refractivity contribution in [1.82, 2.24) is 0 Å². The number of rotatable bonds is 5. The van der Waals surface area contributed by atoms with E-state index in [0.29, 0.717) is 11.4 Å². The van der Waals surface area contributed by atoms with E-state index in [1.54, 1.807) is 48.5 Å². The number of carbonyl (C=O) groups is 1. The number of para-hydroxylation sites is 2. The molecule has 1 N–H and O–H groups in total. The second kappa shape index (κ2) is 7.41. The van der Waals surface area contributed by atoms with E-state index in [9.17, 15) is 13.2 Å². The molecule has 6 heteroatoms. The summed E-state index contributed by atoms with van der Waals surface area (Å²) in [6, 6.07) is 23.8. The van der Waals surface area contributed by atoms with Crippen molar-refractivity contribution >= 4 is 27.3 Å². The third kappa shape index (κ3) is 3.75. The van der Waals surface area contributed by atoms with Gasteiger partial charge in [0.15, 0.2) is 0 Å². The van der Waals surface area contributed by atoms with Crippen LogP contribution in [0.15, 0.2) is 89.8 Å². The molecule has 0 aliphatic carbocycles. The average Bonchev–Trinajstić information content (AvgIpc) is 2.69. The maximum Gasteiger partial charge on any atom is 0.264 e. The zero-order chi connectivity index (χ0) is 18.6. The fourth-order valence-electron chi connectivity index (χ4n) is 2.46. The van der Waals surface area contributed by atoms with Crippen LogP contribution in [0.3, 0.4) is 0 Å². The van der Waals surface area contributed by atoms with Gasteiger partial charge in [-0.3, -0.25) is 9.10 Å². The Balaban J connectivity index is 1.88. The van der Waals surface area contributed by atoms with Crippen molar-refractivity contribution in [3.63, 3.8) is 0 Å². The van der Waals surface area contributed by atoms with Gasteiger partial charge in [0.05, 0.1) is 10.6 Å². The highest BCUT2D eigenvalue weighted by Gasteiger charge is 2.22. The highest BCUT2D eigenvalue weighted by molar-refractivity contribution is 7.92. The normalized spacial score (nSPS) is 11.0. The van der Waals surface area contributed by atoms with E-state index in [-0.39, 0.29) is 16.4 Å². The van der Waals surface area contributed by atoms with Gasteiger partial charge in [-0.2, -0.15) is 0 Å². The molecule has 3 rings (SSSR count). The summed E-state index contributed by atoms with van der Waals surface area (Å²) in [6.07, 6.45) is 0. The largest absolute Gasteiger partial charge is 0.322 e. The lowest BCUT2D eigenvalue weighted by molar-refractivity contribution is 0.102. The Morgan fingerprint density at radius 3 is 2.12 bits per heavy atom. The minimum absolute atomic E-state index is 0.0598. The molecule has 3 aromatic rings. The number of hydrogen-bond donors (Lipinski definition) is 1. The molecule has 5 nitrogen and oxygen atoms in total. The highest BCUT2D eigenvalue weighted by Crippen LogP contribution is 2.22. The summed E-state index contributed by atoms with van der Waals surface area (Å²) >= 11 is 0. The predicted octanol–water partition coefficient (Wildman–Crippen LogP) is 3.76. The molecule has 0 aliphatic rings. The second-order valence-electron chi connectivity index (χ2n) is 5.66. The van der Waals surface area contributed by atoms with E-state index in [1.165, 1.54) is 23.5 Å². The maximum atomic E-state index is 12.9. The van der Waals surface area contributed by atoms with Crippen LogP contribution in [0.4, 0.5) is 11.4 Å². The van der Waals surface area contributed by atoms with Crippen molar-refractivity contribution in [3.05, 3.63) is 90.5 Å². The van der Waals surface area contributed by atoms with Crippen molar-refractivity contribution in [2.24, 2.45) is 0 Å². The van der Waals surface area contributed by atoms with Gasteiger partial charge in [0.2, 0.25) is 0 Å². The number of sulfonamides is 1. The van der Waals surface area contributed by atoms with Gasteiger partial charge in [-0.1, -0.05) is 42.5 Å². The smallest absolute Gasteiger partial charge is 0.264 e. The van der Waals surface area contributed by atoms with E-state index in [2.05, 4.69) is 5.32 Å². The Bertz CT molecular complexity index is 1000. The van der Waals surface area contributed by atoms with Gasteiger partial charge in [0, 0.05) is 18.3 Å². The average molecular weight is 366 g/mol. The summed E-state index contributed by atoms with van der Waals surface area (Å²) in [5, 5.41) is 2.75. The van der Waals surface area contributed by atoms with Crippen molar-refractivity contribution in [3.8, 4) is 0 Å². The van der Waals surface area contributed by atoms with E-state index in [1.807, 2.05) is 24.3 Å². The summed E-state index contributed by atoms with van der Waals surface area (Å²) < 4.78 is 26.9. The topological polar surface area (TPSA) is 66.5 Å². The molecule has 0 unspecified atom stereocenters. The van der Waals surface area contributed by atoms with Crippen LogP contribution >= 0.6 is 0 Å². The molecule has 132 valence electrons. The van der Waals surface area contributed by atoms with Gasteiger partial charge in [-0.25, -0.2) is 8.42 Å². The molecular formula is C20H18N2O3S. The molecule has 0 saturated carbocycles. The Kier molecular flexibility index (Phi) is 5.04. The van der Waals surface area contributed by atoms with Crippen LogP contribution in [0.2, 0.25) is 0 Å². The summed E-state index contributed by atoms with van der Waals surface area (Å²) in [4.78, 5) is 12.5. The number of anilines is 2. The van der Waals surface area contributed by atoms with Crippen LogP contribution in [0.5, 0.6) is 0 Å². The van der Waals surface area contributed by atoms with E-state index >= 15 is 0 Å². The third-order valence-corrected chi connectivity index (χ3v) is 5.69. The van der Waals surface area contributed by atoms with Crippen LogP contribution in [0.25, 0.3) is 0 Å². The molecular weight excluding hydrogens is 348 g/mol. The van der Waals surface area contributed by atoms with E-state index < -0.39 is 10.0 Å². The molecule has 3 aromatic carbocycles. The molecule has 0 atom stereocenters. The predicted molar refractivity (Wildman–Crippen MR) is 103 cm³/mol. The quantitative estimate of drug-likeness (QED) is 0.748. The fourth-order valence-corrected chi connectivity index (χ4v) is 3.70. The van der Waals surface area contributed by atoms with E-state index in [0.717, 1.165) is 0 Å². The number of amides is 1. The van der Waals surface area contributed by atoms with Crippen LogP contribution in [-0.4, -0.2) is 21.4 Å². The minimum atomic E-state index is -3.77. The van der Waals surface area contributed by atoms with Gasteiger partial charge >= 0.3 is 0 Å². The molecule has 0 aliphatic heterocycles. The number of nitrogens with zero attached hydrogens (tertiary/aromatic N) is 1. The number of hydrogen-bond acceptors (Lipinski definition) is 3. The van der Waals surface area contributed by atoms with Gasteiger partial charge in [-0.05, 0) is 42.5 Å². The van der Waals surface area contributed by atoms with Crippen molar-refractivity contribution in [1.29, 1.82) is 0 Å². The van der Waals surface area contributed by atoms with Crippen molar-refractivity contribution in [2.45, 2.75) is 4.90 Å². The zero-order valence-electron chi connectivity index (χ0n) is 14.2. The molecule has 0 fully saturated rings. The Morgan fingerprint density at radius 1 is 0.846 bits per heavy atom. The first-order chi connectivity index (χ1) is 12.5. The van der Waals surface area contributed by atoms with Crippen LogP contribution in [-0.2, 0) is 10.0 Å². The minimum Gasteiger partial charge on any atom is -0.322 e. The van der Waals surface area contributed by atoms with Crippen LogP contribution < -0.4 is 9.62 Å². The first-order valence-electron chi connectivity index (χ1n) is 7.99. The fraction of sp³-hybridized carbons (Fsp3) is 0.0500. The highest BCUT2D eigenvalue weighted by atomic mass is 32.2. The Morgan fingerprint density at radius 2 is 1.46 bits per heavy atom. The van der Waals surface area contributed by atoms with Crippen LogP contribution in [0.1, 0.15) is 10.4 Å². The van der Waals surface area contributed by atoms with Crippen LogP contribution in [0, 0.1) is 0 Å². The molecule has 0 heterocycles. The lowest BCUT2D eigenvalue weighted by Crippen LogP contribution is -2.26. The second-order valence-corrected chi connectivity index (χ2v) is 7.63. The Labute approximate surface area is 153 Å². The monoisotopic (exact) mass is 366 g/mol. The summed E-state index contributed by atoms with van der Waals surface area (Å²) in [6.45, 7) is 0. The van der Waals surface area contributed by atoms with Gasteiger partial charge in [-0.15, -0.1) is 0 Å². The summed E-state index contributed by atoms with van der Waals surface area (Å²) in [5.41, 5.74) is 1.47. The van der Waals surface area contributed by atoms with Crippen molar-refractivity contribution < 1.29 is 13.2 Å². The Hall–Kier alpha value is -3.12. The molecule has 0 bridgehead atoms. The lowest BCUT2D eigenvalue weighted by atomic mass is 10.2. The molecule has 0 saturated heterocycles. The van der Waals surface area contributed by atoms with Crippen molar-refractivity contribution in [2.75, 3.05) is 16.7 Å². The van der Waals surface area contributed by atoms with Gasteiger partial charge in [0.1, 0.15) is 0 Å². The molecule has 0 aromatic heterocycles. The first-order valence-corrected chi connectivity index (χ1v) is 9.43. The molecule has 0 radical (unpaired) electrons. The first kappa shape index (κ1) is 17.7. The SMILES string of the molecule is CN(c1ccccc1)S(=O)(=O)c1cccc(C(=O)Nc2ccccc2)c1. The zero-order valence-corrected chi connectivity index (χ0v) is 15.0. The third-order valence-electron chi connectivity index (χ3n) is 3.91. The standard InChI is InChI=1S/C20H18N2O3S/c1-22(18-12-6-3-7-13-18)26(24,25)19-14-8-9-16(15-19)20(23)21-17-10-4-2-5-11-17/h2-15H,1H3,(H,21,23).